The highest BCUT2D eigenvalue weighted by Gasteiger charge is 2.32. The fourth-order valence-corrected chi connectivity index (χ4v) is 5.95. The predicted octanol–water partition coefficient (Wildman–Crippen LogP) is 3.56. The van der Waals surface area contributed by atoms with Crippen molar-refractivity contribution in [3.8, 4) is 17.0 Å². The molecule has 3 aromatic rings. The van der Waals surface area contributed by atoms with E-state index in [4.69, 9.17) is 4.74 Å². The number of hydrogen-bond donors (Lipinski definition) is 1. The molecular formula is C23H25FN2O4S. The lowest BCUT2D eigenvalue weighted by Gasteiger charge is -2.23. The highest BCUT2D eigenvalue weighted by atomic mass is 32.2. The number of sulfone groups is 1. The van der Waals surface area contributed by atoms with Gasteiger partial charge < -0.3 is 14.6 Å². The molecule has 6 nitrogen and oxygen atoms in total. The molecule has 0 saturated carbocycles. The number of aromatic nitrogens is 1. The monoisotopic (exact) mass is 444 g/mol. The summed E-state index contributed by atoms with van der Waals surface area (Å²) in [5.41, 5.74) is 3.41. The second-order valence-electron chi connectivity index (χ2n) is 7.96. The minimum atomic E-state index is -3.07. The minimum Gasteiger partial charge on any atom is -0.497 e. The third-order valence-corrected chi connectivity index (χ3v) is 7.74. The lowest BCUT2D eigenvalue weighted by Crippen LogP contribution is -2.37. The molecule has 31 heavy (non-hydrogen) atoms. The second-order valence-corrected chi connectivity index (χ2v) is 10.2. The van der Waals surface area contributed by atoms with Gasteiger partial charge in [-0.2, -0.15) is 0 Å². The molecule has 164 valence electrons. The van der Waals surface area contributed by atoms with Gasteiger partial charge in [0.25, 0.3) is 0 Å². The predicted molar refractivity (Wildman–Crippen MR) is 118 cm³/mol. The van der Waals surface area contributed by atoms with Gasteiger partial charge in [-0.3, -0.25) is 4.79 Å². The Morgan fingerprint density at radius 1 is 1.23 bits per heavy atom. The van der Waals surface area contributed by atoms with E-state index in [1.807, 2.05) is 24.3 Å². The van der Waals surface area contributed by atoms with Crippen LogP contribution >= 0.6 is 0 Å². The Balaban J connectivity index is 1.61. The molecule has 1 N–H and O–H groups in total. The molecule has 2 heterocycles. The van der Waals surface area contributed by atoms with Crippen molar-refractivity contribution in [3.63, 3.8) is 0 Å². The number of carbonyl (C=O) groups is 1. The van der Waals surface area contributed by atoms with E-state index in [9.17, 15) is 17.6 Å². The van der Waals surface area contributed by atoms with E-state index in [0.717, 1.165) is 33.5 Å². The Morgan fingerprint density at radius 2 is 1.97 bits per heavy atom. The zero-order chi connectivity index (χ0) is 22.2. The van der Waals surface area contributed by atoms with Crippen molar-refractivity contribution in [2.24, 2.45) is 0 Å². The summed E-state index contributed by atoms with van der Waals surface area (Å²) in [7, 11) is 0.196. The summed E-state index contributed by atoms with van der Waals surface area (Å²) in [6.07, 6.45) is 1.09. The van der Waals surface area contributed by atoms with Crippen molar-refractivity contribution in [3.05, 3.63) is 53.8 Å². The molecular weight excluding hydrogens is 419 g/mol. The highest BCUT2D eigenvalue weighted by molar-refractivity contribution is 7.91. The third kappa shape index (κ3) is 4.44. The number of benzene rings is 2. The number of carbonyl (C=O) groups excluding carboxylic acids is 1. The van der Waals surface area contributed by atoms with E-state index in [0.29, 0.717) is 12.8 Å². The Labute approximate surface area is 180 Å². The Kier molecular flexibility index (Phi) is 5.75. The number of fused-ring (bicyclic) bond motifs is 1. The fourth-order valence-electron chi connectivity index (χ4n) is 4.18. The number of nitrogens with one attached hydrogen (secondary N) is 1. The average molecular weight is 445 g/mol. The summed E-state index contributed by atoms with van der Waals surface area (Å²) in [5, 5.41) is 0.740. The number of halogens is 1. The number of H-pyrrole nitrogens is 1. The van der Waals surface area contributed by atoms with Crippen LogP contribution < -0.4 is 4.74 Å². The lowest BCUT2D eigenvalue weighted by molar-refractivity contribution is -0.131. The summed E-state index contributed by atoms with van der Waals surface area (Å²) < 4.78 is 42.7. The van der Waals surface area contributed by atoms with E-state index >= 15 is 0 Å². The first-order valence-corrected chi connectivity index (χ1v) is 12.0. The van der Waals surface area contributed by atoms with E-state index in [-0.39, 0.29) is 35.7 Å². The molecule has 1 aliphatic rings. The van der Waals surface area contributed by atoms with E-state index in [1.54, 1.807) is 25.1 Å². The van der Waals surface area contributed by atoms with Crippen LogP contribution in [0, 0.1) is 5.82 Å². The molecule has 1 fully saturated rings. The largest absolute Gasteiger partial charge is 0.497 e. The van der Waals surface area contributed by atoms with Crippen molar-refractivity contribution < 1.29 is 22.3 Å². The van der Waals surface area contributed by atoms with Crippen LogP contribution in [-0.2, 0) is 21.1 Å². The molecule has 1 amide bonds. The Bertz CT molecular complexity index is 1220. The van der Waals surface area contributed by atoms with Crippen LogP contribution in [0.4, 0.5) is 4.39 Å². The maximum absolute atomic E-state index is 14.0. The Hall–Kier alpha value is -2.87. The molecule has 1 aromatic heterocycles. The summed E-state index contributed by atoms with van der Waals surface area (Å²) in [6.45, 7) is 0. The van der Waals surface area contributed by atoms with Crippen molar-refractivity contribution in [1.29, 1.82) is 0 Å². The van der Waals surface area contributed by atoms with Crippen molar-refractivity contribution in [2.75, 3.05) is 25.7 Å². The van der Waals surface area contributed by atoms with Gasteiger partial charge in [0.15, 0.2) is 9.84 Å². The minimum absolute atomic E-state index is 0.0185. The molecule has 0 bridgehead atoms. The van der Waals surface area contributed by atoms with Gasteiger partial charge >= 0.3 is 0 Å². The fraction of sp³-hybridized carbons (Fsp3) is 0.348. The van der Waals surface area contributed by atoms with Crippen molar-refractivity contribution in [2.45, 2.75) is 25.3 Å². The molecule has 0 aliphatic carbocycles. The number of hydrogen-bond acceptors (Lipinski definition) is 4. The second kappa shape index (κ2) is 8.34. The first kappa shape index (κ1) is 21.4. The van der Waals surface area contributed by atoms with Gasteiger partial charge in [-0.25, -0.2) is 12.8 Å². The Morgan fingerprint density at radius 3 is 2.61 bits per heavy atom. The molecule has 4 rings (SSSR count). The van der Waals surface area contributed by atoms with E-state index < -0.39 is 9.84 Å². The van der Waals surface area contributed by atoms with Crippen molar-refractivity contribution >= 4 is 26.6 Å². The van der Waals surface area contributed by atoms with Crippen LogP contribution in [0.5, 0.6) is 5.75 Å². The van der Waals surface area contributed by atoms with E-state index in [1.165, 1.54) is 12.1 Å². The van der Waals surface area contributed by atoms with Crippen LogP contribution in [0.3, 0.4) is 0 Å². The smallest absolute Gasteiger partial charge is 0.222 e. The molecule has 0 spiro atoms. The molecule has 0 unspecified atom stereocenters. The van der Waals surface area contributed by atoms with Gasteiger partial charge in [0.05, 0.1) is 18.6 Å². The number of methoxy groups -OCH3 is 1. The van der Waals surface area contributed by atoms with Crippen molar-refractivity contribution in [1.82, 2.24) is 9.88 Å². The zero-order valence-electron chi connectivity index (χ0n) is 17.5. The molecule has 1 atom stereocenters. The number of ether oxygens (including phenoxy) is 1. The number of amides is 1. The van der Waals surface area contributed by atoms with Crippen LogP contribution in [0.2, 0.25) is 0 Å². The van der Waals surface area contributed by atoms with Crippen LogP contribution in [0.1, 0.15) is 18.4 Å². The highest BCUT2D eigenvalue weighted by Crippen LogP contribution is 2.33. The zero-order valence-corrected chi connectivity index (χ0v) is 18.3. The first-order chi connectivity index (χ1) is 14.8. The summed E-state index contributed by atoms with van der Waals surface area (Å²) in [4.78, 5) is 17.7. The van der Waals surface area contributed by atoms with Gasteiger partial charge in [-0.1, -0.05) is 0 Å². The number of aromatic amines is 1. The van der Waals surface area contributed by atoms with Gasteiger partial charge in [-0.15, -0.1) is 0 Å². The quantitative estimate of drug-likeness (QED) is 0.631. The standard InChI is InChI=1S/C23H25FN2O4S/c1-26(17-11-12-31(28,29)14-17)22(27)10-8-19-20-13-16(24)5-9-21(20)25-23(19)15-3-6-18(30-2)7-4-15/h3-7,9,13,17,25H,8,10-12,14H2,1-2H3/t17-/m1/s1. The summed E-state index contributed by atoms with van der Waals surface area (Å²) in [5.74, 6) is 0.418. The topological polar surface area (TPSA) is 79.5 Å². The molecule has 1 saturated heterocycles. The summed E-state index contributed by atoms with van der Waals surface area (Å²) in [6, 6.07) is 11.8. The first-order valence-electron chi connectivity index (χ1n) is 10.2. The number of rotatable bonds is 6. The van der Waals surface area contributed by atoms with Gasteiger partial charge in [-0.05, 0) is 66.4 Å². The number of aryl methyl sites for hydroxylation is 1. The molecule has 0 radical (unpaired) electrons. The van der Waals surface area contributed by atoms with Gasteiger partial charge in [0.1, 0.15) is 11.6 Å². The third-order valence-electron chi connectivity index (χ3n) is 5.99. The van der Waals surface area contributed by atoms with Gasteiger partial charge in [0.2, 0.25) is 5.91 Å². The number of nitrogens with zero attached hydrogens (tertiary/aromatic N) is 1. The van der Waals surface area contributed by atoms with Crippen LogP contribution in [0.15, 0.2) is 42.5 Å². The SMILES string of the molecule is COc1ccc(-c2[nH]c3ccc(F)cc3c2CCC(=O)N(C)[C@@H]2CCS(=O)(=O)C2)cc1. The van der Waals surface area contributed by atoms with Gasteiger partial charge in [0, 0.05) is 36.1 Å². The summed E-state index contributed by atoms with van der Waals surface area (Å²) >= 11 is 0. The van der Waals surface area contributed by atoms with E-state index in [2.05, 4.69) is 4.98 Å². The van der Waals surface area contributed by atoms with Crippen LogP contribution in [0.25, 0.3) is 22.2 Å². The maximum atomic E-state index is 14.0. The normalized spacial score (nSPS) is 17.7. The molecule has 8 heteroatoms. The molecule has 1 aliphatic heterocycles. The average Bonchev–Trinajstić information content (AvgIpc) is 3.30. The van der Waals surface area contributed by atoms with Crippen LogP contribution in [-0.4, -0.2) is 55.9 Å². The molecule has 2 aromatic carbocycles. The maximum Gasteiger partial charge on any atom is 0.222 e. The lowest BCUT2D eigenvalue weighted by atomic mass is 10.0.